The standard InChI is InChI=1S/C24H29N5O2.C23H28N6O2.C23H27N5O3.C23H27N5O2/c1-16-15-31-12-11-29(16)23-13-22(18-5-4-10-28(14-18)17(2)30)26-24(27-23)20-8-9-25-21-7-3-6-19(20)21;1-15-14-31-11-10-29(15)21-12-20(16-7-9-28(13-16)23(30)24-2)26-22(27-21)18-6-8-25-19-5-3-4-17(18)19;1-15-14-31-11-10-28(15)21-12-20(16-7-9-27(13-16)23(29)30-2)25-22(26-21)18-6-8-24-19-5-3-4-17(18)19;1-15-14-30-11-10-28(15)22-12-21(17-7-9-27(13-17)16(2)29)25-23(26-22)19-6-8-24-20-5-3-4-18(19)20/h3,6,8-9,13,16,18H,4-5,7,10-12,14-15H2,1-2H3;3-4,6,8,12,15-16H,5,7,9-11,13-14H2,1-2H3,(H,24,30);3-4,6,8,12,15-16H,5,7,9-11,13-14H2,1-2H3;3-4,6,8,12,15,17H,5,7,9-11,13-14H2,1-2H3/t16-,18?;2*15-,16?;15-,17?/m1111/s1. The number of nitrogens with zero attached hydrogens (tertiary/aromatic N) is 20. The number of urea groups is 1. The number of nitrogens with one attached hydrogen (secondary N) is 1. The lowest BCUT2D eigenvalue weighted by Crippen LogP contribution is -2.44. The molecule has 16 heterocycles. The SMILES string of the molecule is CC(=O)N1CCC(c2cc(N3CCOC[C@H]3C)nc(-c3ccnc4c3C=CC4)n2)C1.CC(=O)N1CCCC(c2cc(N3CCOC[C@H]3C)nc(-c3ccnc4c3C=CC4)n2)C1.CNC(=O)N1CCC(c2cc(N3CCOC[C@H]3C)nc(-c3ccnc4c3C=CC4)n2)C1.COC(=O)N1CCC(c2cc(N3CCOC[C@H]3C)nc(-c3ccnc4c3C=CC4)n2)C1. The zero-order chi connectivity index (χ0) is 84.8. The van der Waals surface area contributed by atoms with E-state index in [1.165, 1.54) is 7.11 Å². The van der Waals surface area contributed by atoms with Crippen LogP contribution in [0.5, 0.6) is 0 Å². The number of pyridine rings is 4. The number of allylic oxidation sites excluding steroid dienone is 4. The Kier molecular flexibility index (Phi) is 25.6. The maximum Gasteiger partial charge on any atom is 0.409 e. The molecular weight excluding hydrogens is 1560 g/mol. The number of methoxy groups -OCH3 is 1. The zero-order valence-corrected chi connectivity index (χ0v) is 71.8. The molecule has 12 aliphatic rings. The number of carbonyl (C=O) groups is 4. The molecule has 0 spiro atoms. The summed E-state index contributed by atoms with van der Waals surface area (Å²) in [6.07, 6.45) is 32.2. The van der Waals surface area contributed by atoms with Crippen molar-refractivity contribution in [2.45, 2.75) is 147 Å². The molecule has 0 radical (unpaired) electrons. The van der Waals surface area contributed by atoms with Crippen molar-refractivity contribution in [1.82, 2.24) is 84.7 Å². The highest BCUT2D eigenvalue weighted by molar-refractivity contribution is 5.80. The molecule has 5 amide bonds. The molecule has 8 aliphatic heterocycles. The third-order valence-corrected chi connectivity index (χ3v) is 25.7. The van der Waals surface area contributed by atoms with E-state index in [9.17, 15) is 19.2 Å². The lowest BCUT2D eigenvalue weighted by molar-refractivity contribution is -0.130. The molecule has 0 saturated carbocycles. The van der Waals surface area contributed by atoms with E-state index in [0.29, 0.717) is 78.3 Å². The molecule has 20 rings (SSSR count). The molecular formula is C93H111N21O9. The fourth-order valence-electron chi connectivity index (χ4n) is 18.8. The Morgan fingerprint density at radius 1 is 0.382 bits per heavy atom. The van der Waals surface area contributed by atoms with Gasteiger partial charge in [-0.05, 0) is 84.1 Å². The molecule has 8 fully saturated rings. The van der Waals surface area contributed by atoms with Crippen molar-refractivity contribution in [1.29, 1.82) is 0 Å². The number of amides is 5. The Morgan fingerprint density at radius 2 is 0.675 bits per heavy atom. The molecule has 8 aromatic rings. The highest BCUT2D eigenvalue weighted by Crippen LogP contribution is 2.41. The fraction of sp³-hybridized carbons (Fsp3) is 0.484. The molecule has 642 valence electrons. The summed E-state index contributed by atoms with van der Waals surface area (Å²) in [6.45, 7) is 26.5. The number of carbonyl (C=O) groups excluding carboxylic acids is 4. The van der Waals surface area contributed by atoms with E-state index >= 15 is 0 Å². The summed E-state index contributed by atoms with van der Waals surface area (Å²) in [6, 6.07) is 17.5. The third-order valence-electron chi connectivity index (χ3n) is 25.7. The molecule has 0 aromatic carbocycles. The predicted octanol–water partition coefficient (Wildman–Crippen LogP) is 11.1. The minimum atomic E-state index is -0.282. The molecule has 30 nitrogen and oxygen atoms in total. The Bertz CT molecular complexity index is 5210. The highest BCUT2D eigenvalue weighted by Gasteiger charge is 2.37. The average Bonchev–Trinajstić information content (AvgIpc) is 1.71. The van der Waals surface area contributed by atoms with E-state index in [1.54, 1.807) is 25.8 Å². The van der Waals surface area contributed by atoms with Gasteiger partial charge >= 0.3 is 12.1 Å². The largest absolute Gasteiger partial charge is 0.453 e. The van der Waals surface area contributed by atoms with Crippen LogP contribution in [0.15, 0.2) is 97.6 Å². The number of anilines is 4. The zero-order valence-electron chi connectivity index (χ0n) is 71.8. The van der Waals surface area contributed by atoms with Gasteiger partial charge in [-0.3, -0.25) is 29.5 Å². The monoisotopic (exact) mass is 1670 g/mol. The molecule has 123 heavy (non-hydrogen) atoms. The molecule has 8 aromatic heterocycles. The molecule has 4 unspecified atom stereocenters. The van der Waals surface area contributed by atoms with Crippen LogP contribution >= 0.6 is 0 Å². The summed E-state index contributed by atoms with van der Waals surface area (Å²) in [5, 5.41) is 2.73. The fourth-order valence-corrected chi connectivity index (χ4v) is 18.8. The van der Waals surface area contributed by atoms with Crippen LogP contribution in [0.3, 0.4) is 0 Å². The van der Waals surface area contributed by atoms with Gasteiger partial charge in [-0.1, -0.05) is 48.6 Å². The number of morpholine rings is 4. The Labute approximate surface area is 718 Å². The minimum absolute atomic E-state index is 0.0316. The van der Waals surface area contributed by atoms with Gasteiger partial charge in [0, 0.05) is 242 Å². The van der Waals surface area contributed by atoms with Gasteiger partial charge in [-0.2, -0.15) is 0 Å². The second-order valence-electron chi connectivity index (χ2n) is 33.8. The highest BCUT2D eigenvalue weighted by atomic mass is 16.5. The van der Waals surface area contributed by atoms with Gasteiger partial charge in [-0.15, -0.1) is 0 Å². The summed E-state index contributed by atoms with van der Waals surface area (Å²) in [4.78, 5) is 123. The van der Waals surface area contributed by atoms with Crippen molar-refractivity contribution >= 4 is 71.5 Å². The van der Waals surface area contributed by atoms with Crippen LogP contribution in [0.25, 0.3) is 69.9 Å². The first kappa shape index (κ1) is 83.7. The van der Waals surface area contributed by atoms with Crippen LogP contribution in [-0.2, 0) is 59.0 Å². The lowest BCUT2D eigenvalue weighted by Gasteiger charge is -2.36. The first-order valence-electron chi connectivity index (χ1n) is 43.8. The number of aromatic nitrogens is 12. The minimum Gasteiger partial charge on any atom is -0.453 e. The van der Waals surface area contributed by atoms with Gasteiger partial charge in [0.1, 0.15) is 23.3 Å². The van der Waals surface area contributed by atoms with Crippen LogP contribution in [0.2, 0.25) is 0 Å². The average molecular weight is 1670 g/mol. The summed E-state index contributed by atoms with van der Waals surface area (Å²) in [5.41, 5.74) is 16.8. The molecule has 1 N–H and O–H groups in total. The number of hydrogen-bond donors (Lipinski definition) is 1. The van der Waals surface area contributed by atoms with Gasteiger partial charge < -0.3 is 68.2 Å². The quantitative estimate of drug-likeness (QED) is 0.119. The van der Waals surface area contributed by atoms with Crippen LogP contribution in [0, 0.1) is 0 Å². The topological polar surface area (TPSA) is 307 Å². The van der Waals surface area contributed by atoms with Crippen LogP contribution < -0.4 is 24.9 Å². The van der Waals surface area contributed by atoms with Gasteiger partial charge in [0.15, 0.2) is 23.3 Å². The number of piperidine rings is 1. The number of rotatable bonds is 12. The van der Waals surface area contributed by atoms with Crippen molar-refractivity contribution in [2.75, 3.05) is 165 Å². The van der Waals surface area contributed by atoms with E-state index in [0.717, 1.165) is 247 Å². The first-order valence-corrected chi connectivity index (χ1v) is 43.8. The van der Waals surface area contributed by atoms with Crippen molar-refractivity contribution < 1.29 is 42.9 Å². The van der Waals surface area contributed by atoms with E-state index < -0.39 is 0 Å². The Hall–Kier alpha value is -11.6. The number of hydrogen-bond acceptors (Lipinski definition) is 25. The number of fused-ring (bicyclic) bond motifs is 4. The van der Waals surface area contributed by atoms with E-state index in [1.807, 2.05) is 63.8 Å². The molecule has 30 heteroatoms. The third kappa shape index (κ3) is 18.4. The van der Waals surface area contributed by atoms with E-state index in [-0.39, 0.29) is 71.8 Å². The van der Waals surface area contributed by atoms with Crippen molar-refractivity contribution in [3.8, 4) is 45.6 Å². The van der Waals surface area contributed by atoms with Crippen molar-refractivity contribution in [2.24, 2.45) is 0 Å². The van der Waals surface area contributed by atoms with Gasteiger partial charge in [0.05, 0.1) is 130 Å². The predicted molar refractivity (Wildman–Crippen MR) is 471 cm³/mol. The van der Waals surface area contributed by atoms with Gasteiger partial charge in [0.25, 0.3) is 0 Å². The van der Waals surface area contributed by atoms with E-state index in [2.05, 4.69) is 145 Å². The second kappa shape index (κ2) is 37.6. The summed E-state index contributed by atoms with van der Waals surface area (Å²) < 4.78 is 27.5. The second-order valence-corrected chi connectivity index (χ2v) is 33.8. The van der Waals surface area contributed by atoms with E-state index in [4.69, 9.17) is 63.6 Å². The normalized spacial score (nSPS) is 22.9. The Morgan fingerprint density at radius 3 is 0.976 bits per heavy atom. The number of ether oxygens (including phenoxy) is 5. The maximum atomic E-state index is 12.1. The summed E-state index contributed by atoms with van der Waals surface area (Å²) in [7, 11) is 3.10. The smallest absolute Gasteiger partial charge is 0.409 e. The Balaban J connectivity index is 0.000000116. The van der Waals surface area contributed by atoms with Crippen molar-refractivity contribution in [3.05, 3.63) is 165 Å². The molecule has 4 aliphatic carbocycles. The van der Waals surface area contributed by atoms with Gasteiger partial charge in [-0.25, -0.2) is 49.5 Å². The maximum absolute atomic E-state index is 12.1. The molecule has 8 saturated heterocycles. The molecule has 0 bridgehead atoms. The van der Waals surface area contributed by atoms with Gasteiger partial charge in [0.2, 0.25) is 11.8 Å². The number of likely N-dealkylation sites (tertiary alicyclic amines) is 4. The molecule has 8 atom stereocenters. The first-order chi connectivity index (χ1) is 60.0. The lowest BCUT2D eigenvalue weighted by atomic mass is 9.94. The van der Waals surface area contributed by atoms with Crippen LogP contribution in [0.1, 0.15) is 165 Å². The summed E-state index contributed by atoms with van der Waals surface area (Å²) >= 11 is 0. The van der Waals surface area contributed by atoms with Crippen LogP contribution in [0.4, 0.5) is 32.9 Å². The van der Waals surface area contributed by atoms with Crippen molar-refractivity contribution in [3.63, 3.8) is 0 Å². The summed E-state index contributed by atoms with van der Waals surface area (Å²) in [5.74, 6) is 7.75. The van der Waals surface area contributed by atoms with Crippen LogP contribution in [-0.4, -0.2) is 273 Å².